The standard InChI is InChI=1S/C19H12N4O5S/c1-29-19-21-16(14(9-20)17(24)22-19)11-4-2-10(3-5-11)12-6-7-13(18(25)26)15(8-12)23(27)28/h2-8H,1H3,(H,25,26)(H,21,22,24). The van der Waals surface area contributed by atoms with Gasteiger partial charge >= 0.3 is 5.97 Å². The molecule has 0 atom stereocenters. The first kappa shape index (κ1) is 19.8. The predicted octanol–water partition coefficient (Wildman–Crippen LogP) is 3.30. The number of nitro groups is 1. The molecule has 9 nitrogen and oxygen atoms in total. The molecule has 0 fully saturated rings. The summed E-state index contributed by atoms with van der Waals surface area (Å²) in [7, 11) is 0. The van der Waals surface area contributed by atoms with Gasteiger partial charge in [0.2, 0.25) is 0 Å². The van der Waals surface area contributed by atoms with E-state index in [-0.39, 0.29) is 11.3 Å². The number of nitrogens with one attached hydrogen (secondary N) is 1. The van der Waals surface area contributed by atoms with Crippen LogP contribution in [0.2, 0.25) is 0 Å². The van der Waals surface area contributed by atoms with Crippen molar-refractivity contribution in [2.45, 2.75) is 5.16 Å². The molecule has 2 aromatic carbocycles. The fourth-order valence-corrected chi connectivity index (χ4v) is 3.10. The smallest absolute Gasteiger partial charge is 0.342 e. The van der Waals surface area contributed by atoms with Crippen molar-refractivity contribution in [1.29, 1.82) is 5.26 Å². The lowest BCUT2D eigenvalue weighted by Crippen LogP contribution is -2.14. The van der Waals surface area contributed by atoms with Gasteiger partial charge in [0.1, 0.15) is 17.2 Å². The molecule has 0 radical (unpaired) electrons. The second kappa shape index (κ2) is 7.95. The van der Waals surface area contributed by atoms with Gasteiger partial charge in [-0.3, -0.25) is 14.9 Å². The van der Waals surface area contributed by atoms with E-state index >= 15 is 0 Å². The highest BCUT2D eigenvalue weighted by Crippen LogP contribution is 2.29. The third-order valence-corrected chi connectivity index (χ3v) is 4.70. The molecule has 0 aliphatic heterocycles. The van der Waals surface area contributed by atoms with E-state index in [1.165, 1.54) is 30.0 Å². The Hall–Kier alpha value is -3.97. The minimum Gasteiger partial charge on any atom is -0.477 e. The van der Waals surface area contributed by atoms with Gasteiger partial charge in [0, 0.05) is 11.6 Å². The molecule has 3 rings (SSSR count). The lowest BCUT2D eigenvalue weighted by Gasteiger charge is -2.07. The van der Waals surface area contributed by atoms with Gasteiger partial charge in [-0.15, -0.1) is 0 Å². The number of carbonyl (C=O) groups is 1. The number of carboxylic acids is 1. The molecule has 0 unspecified atom stereocenters. The number of hydrogen-bond acceptors (Lipinski definition) is 7. The predicted molar refractivity (Wildman–Crippen MR) is 106 cm³/mol. The van der Waals surface area contributed by atoms with E-state index in [2.05, 4.69) is 9.97 Å². The molecular weight excluding hydrogens is 396 g/mol. The highest BCUT2D eigenvalue weighted by Gasteiger charge is 2.20. The number of nitriles is 1. The van der Waals surface area contributed by atoms with Crippen LogP contribution in [0.3, 0.4) is 0 Å². The van der Waals surface area contributed by atoms with Crippen molar-refractivity contribution in [2.75, 3.05) is 6.26 Å². The number of nitrogens with zero attached hydrogens (tertiary/aromatic N) is 3. The van der Waals surface area contributed by atoms with Crippen LogP contribution in [0.25, 0.3) is 22.4 Å². The Balaban J connectivity index is 2.07. The monoisotopic (exact) mass is 408 g/mol. The van der Waals surface area contributed by atoms with Crippen LogP contribution in [0.5, 0.6) is 0 Å². The summed E-state index contributed by atoms with van der Waals surface area (Å²) in [4.78, 5) is 40.5. The van der Waals surface area contributed by atoms with Crippen molar-refractivity contribution in [3.63, 3.8) is 0 Å². The molecule has 2 N–H and O–H groups in total. The Morgan fingerprint density at radius 2 is 1.83 bits per heavy atom. The Bertz CT molecular complexity index is 1230. The van der Waals surface area contributed by atoms with Gasteiger partial charge in [0.05, 0.1) is 10.6 Å². The number of rotatable bonds is 5. The summed E-state index contributed by atoms with van der Waals surface area (Å²) in [5.41, 5.74) is 0.267. The molecule has 1 heterocycles. The second-order valence-corrected chi connectivity index (χ2v) is 6.58. The van der Waals surface area contributed by atoms with Crippen LogP contribution in [-0.4, -0.2) is 32.2 Å². The molecule has 0 bridgehead atoms. The van der Waals surface area contributed by atoms with Gasteiger partial charge < -0.3 is 10.1 Å². The minimum absolute atomic E-state index is 0.114. The lowest BCUT2D eigenvalue weighted by molar-refractivity contribution is -0.385. The number of carboxylic acid groups (broad SMARTS) is 1. The lowest BCUT2D eigenvalue weighted by atomic mass is 9.99. The minimum atomic E-state index is -1.38. The fraction of sp³-hybridized carbons (Fsp3) is 0.0526. The van der Waals surface area contributed by atoms with E-state index < -0.39 is 27.7 Å². The van der Waals surface area contributed by atoms with E-state index in [4.69, 9.17) is 5.11 Å². The molecule has 29 heavy (non-hydrogen) atoms. The number of aromatic carboxylic acids is 1. The van der Waals surface area contributed by atoms with E-state index in [0.717, 1.165) is 0 Å². The Kier molecular flexibility index (Phi) is 5.43. The number of aromatic amines is 1. The van der Waals surface area contributed by atoms with Crippen molar-refractivity contribution in [3.8, 4) is 28.5 Å². The van der Waals surface area contributed by atoms with Crippen molar-refractivity contribution in [3.05, 3.63) is 74.1 Å². The van der Waals surface area contributed by atoms with Crippen LogP contribution in [0.15, 0.2) is 52.4 Å². The first-order valence-electron chi connectivity index (χ1n) is 8.06. The average Bonchev–Trinajstić information content (AvgIpc) is 2.72. The number of nitro benzene ring substituents is 1. The summed E-state index contributed by atoms with van der Waals surface area (Å²) in [5.74, 6) is -1.38. The van der Waals surface area contributed by atoms with Crippen molar-refractivity contribution >= 4 is 23.4 Å². The largest absolute Gasteiger partial charge is 0.477 e. The number of hydrogen-bond donors (Lipinski definition) is 2. The van der Waals surface area contributed by atoms with Gasteiger partial charge in [-0.05, 0) is 23.4 Å². The van der Waals surface area contributed by atoms with E-state index in [1.807, 2.05) is 6.07 Å². The summed E-state index contributed by atoms with van der Waals surface area (Å²) in [5, 5.41) is 29.9. The first-order chi connectivity index (χ1) is 13.8. The quantitative estimate of drug-likeness (QED) is 0.282. The zero-order valence-corrected chi connectivity index (χ0v) is 15.7. The van der Waals surface area contributed by atoms with Crippen LogP contribution < -0.4 is 5.56 Å². The zero-order chi connectivity index (χ0) is 21.1. The Labute approximate surface area is 167 Å². The summed E-state index contributed by atoms with van der Waals surface area (Å²) in [6.45, 7) is 0. The molecule has 10 heteroatoms. The molecule has 0 spiro atoms. The third kappa shape index (κ3) is 3.85. The first-order valence-corrected chi connectivity index (χ1v) is 9.29. The van der Waals surface area contributed by atoms with Crippen LogP contribution in [-0.2, 0) is 0 Å². The second-order valence-electron chi connectivity index (χ2n) is 5.78. The summed E-state index contributed by atoms with van der Waals surface area (Å²) < 4.78 is 0. The number of H-pyrrole nitrogens is 1. The van der Waals surface area contributed by atoms with E-state index in [0.29, 0.717) is 21.8 Å². The van der Waals surface area contributed by atoms with Gasteiger partial charge in [-0.1, -0.05) is 42.1 Å². The molecule has 0 saturated heterocycles. The summed E-state index contributed by atoms with van der Waals surface area (Å²) in [6.07, 6.45) is 1.74. The van der Waals surface area contributed by atoms with E-state index in [1.54, 1.807) is 30.5 Å². The number of aromatic nitrogens is 2. The summed E-state index contributed by atoms with van der Waals surface area (Å²) >= 11 is 1.23. The van der Waals surface area contributed by atoms with Gasteiger partial charge in [-0.2, -0.15) is 5.26 Å². The van der Waals surface area contributed by atoms with Crippen LogP contribution in [0.1, 0.15) is 15.9 Å². The maximum Gasteiger partial charge on any atom is 0.342 e. The Morgan fingerprint density at radius 3 is 2.38 bits per heavy atom. The molecule has 1 aromatic heterocycles. The maximum atomic E-state index is 12.1. The molecule has 0 amide bonds. The SMILES string of the molecule is CSc1nc(-c2ccc(-c3ccc(C(=O)O)c([N+](=O)[O-])c3)cc2)c(C#N)c(=O)[nH]1. The normalized spacial score (nSPS) is 10.3. The topological polar surface area (TPSA) is 150 Å². The van der Waals surface area contributed by atoms with Crippen molar-refractivity contribution in [2.24, 2.45) is 0 Å². The van der Waals surface area contributed by atoms with Crippen LogP contribution in [0.4, 0.5) is 5.69 Å². The molecule has 0 aliphatic rings. The van der Waals surface area contributed by atoms with Gasteiger partial charge in [0.25, 0.3) is 11.2 Å². The molecule has 0 aliphatic carbocycles. The van der Waals surface area contributed by atoms with Gasteiger partial charge in [0.15, 0.2) is 5.16 Å². The third-order valence-electron chi connectivity index (χ3n) is 4.12. The zero-order valence-electron chi connectivity index (χ0n) is 14.9. The highest BCUT2D eigenvalue weighted by atomic mass is 32.2. The Morgan fingerprint density at radius 1 is 1.21 bits per heavy atom. The molecular formula is C19H12N4O5S. The van der Waals surface area contributed by atoms with Crippen molar-refractivity contribution in [1.82, 2.24) is 9.97 Å². The average molecular weight is 408 g/mol. The number of thioether (sulfide) groups is 1. The molecule has 0 saturated carbocycles. The van der Waals surface area contributed by atoms with Crippen LogP contribution in [0, 0.1) is 21.4 Å². The van der Waals surface area contributed by atoms with Crippen molar-refractivity contribution < 1.29 is 14.8 Å². The van der Waals surface area contributed by atoms with Gasteiger partial charge in [-0.25, -0.2) is 9.78 Å². The number of benzene rings is 2. The molecule has 144 valence electrons. The molecule has 3 aromatic rings. The maximum absolute atomic E-state index is 12.1. The summed E-state index contributed by atoms with van der Waals surface area (Å²) in [6, 6.07) is 12.3. The van der Waals surface area contributed by atoms with E-state index in [9.17, 15) is 25.0 Å². The fourth-order valence-electron chi connectivity index (χ4n) is 2.73. The van der Waals surface area contributed by atoms with Crippen LogP contribution >= 0.6 is 11.8 Å². The highest BCUT2D eigenvalue weighted by molar-refractivity contribution is 7.98.